The number of carbonyl (C=O) groups excluding carboxylic acids is 1. The van der Waals surface area contributed by atoms with Crippen molar-refractivity contribution in [1.29, 1.82) is 0 Å². The van der Waals surface area contributed by atoms with Gasteiger partial charge in [0.15, 0.2) is 0 Å². The fourth-order valence-corrected chi connectivity index (χ4v) is 4.29. The van der Waals surface area contributed by atoms with Crippen molar-refractivity contribution in [3.63, 3.8) is 0 Å². The highest BCUT2D eigenvalue weighted by molar-refractivity contribution is 7.87. The van der Waals surface area contributed by atoms with Gasteiger partial charge in [-0.2, -0.15) is 21.6 Å². The summed E-state index contributed by atoms with van der Waals surface area (Å²) >= 11 is 0. The van der Waals surface area contributed by atoms with E-state index in [9.17, 15) is 35.2 Å². The lowest BCUT2D eigenvalue weighted by Gasteiger charge is -2.29. The van der Waals surface area contributed by atoms with Gasteiger partial charge in [-0.05, 0) is 61.4 Å². The zero-order chi connectivity index (χ0) is 27.4. The van der Waals surface area contributed by atoms with E-state index in [0.29, 0.717) is 24.1 Å². The maximum absolute atomic E-state index is 14.0. The Labute approximate surface area is 210 Å². The number of nitrogens with zero attached hydrogens (tertiary/aromatic N) is 1. The van der Waals surface area contributed by atoms with E-state index in [2.05, 4.69) is 5.32 Å². The van der Waals surface area contributed by atoms with Crippen LogP contribution in [-0.4, -0.2) is 25.4 Å². The van der Waals surface area contributed by atoms with Gasteiger partial charge in [-0.15, -0.1) is 0 Å². The number of hydrogen-bond acceptors (Lipinski definition) is 4. The Hall–Kier alpha value is -3.67. The van der Waals surface area contributed by atoms with Crippen LogP contribution in [0.15, 0.2) is 71.6 Å². The molecular formula is C25H23F5N2O4S. The SMILES string of the molecule is CCC(C)N(Cc1cccc(OS(=O)(=O)c2cccc(C(F)(F)F)c2)c1)C(=O)Nc1ccc(F)cc1F. The van der Waals surface area contributed by atoms with E-state index < -0.39 is 44.4 Å². The average Bonchev–Trinajstić information content (AvgIpc) is 2.83. The van der Waals surface area contributed by atoms with Gasteiger partial charge in [0, 0.05) is 18.7 Å². The second kappa shape index (κ2) is 11.2. The van der Waals surface area contributed by atoms with Crippen LogP contribution in [0.2, 0.25) is 0 Å². The highest BCUT2D eigenvalue weighted by Crippen LogP contribution is 2.31. The molecule has 0 spiro atoms. The van der Waals surface area contributed by atoms with E-state index >= 15 is 0 Å². The van der Waals surface area contributed by atoms with Crippen LogP contribution in [0, 0.1) is 11.6 Å². The molecule has 12 heteroatoms. The number of anilines is 1. The minimum atomic E-state index is -4.73. The summed E-state index contributed by atoms with van der Waals surface area (Å²) in [6.45, 7) is 3.54. The Morgan fingerprint density at radius 2 is 1.73 bits per heavy atom. The minimum Gasteiger partial charge on any atom is -0.379 e. The largest absolute Gasteiger partial charge is 0.416 e. The molecule has 0 fully saturated rings. The van der Waals surface area contributed by atoms with Crippen molar-refractivity contribution in [2.75, 3.05) is 5.32 Å². The molecule has 3 aromatic carbocycles. The fraction of sp³-hybridized carbons (Fsp3) is 0.240. The summed E-state index contributed by atoms with van der Waals surface area (Å²) in [6.07, 6.45) is -4.21. The van der Waals surface area contributed by atoms with Crippen molar-refractivity contribution in [3.05, 3.63) is 89.5 Å². The fourth-order valence-electron chi connectivity index (χ4n) is 3.32. The number of urea groups is 1. The summed E-state index contributed by atoms with van der Waals surface area (Å²) in [4.78, 5) is 13.6. The predicted octanol–water partition coefficient (Wildman–Crippen LogP) is 6.58. The first-order valence-corrected chi connectivity index (χ1v) is 12.4. The molecule has 6 nitrogen and oxygen atoms in total. The summed E-state index contributed by atoms with van der Waals surface area (Å²) in [5, 5.41) is 2.39. The van der Waals surface area contributed by atoms with Gasteiger partial charge in [0.1, 0.15) is 22.3 Å². The van der Waals surface area contributed by atoms with Gasteiger partial charge in [-0.25, -0.2) is 13.6 Å². The predicted molar refractivity (Wildman–Crippen MR) is 126 cm³/mol. The number of alkyl halides is 3. The number of rotatable bonds is 8. The first-order valence-electron chi connectivity index (χ1n) is 11.0. The van der Waals surface area contributed by atoms with Gasteiger partial charge in [0.25, 0.3) is 0 Å². The van der Waals surface area contributed by atoms with Crippen LogP contribution < -0.4 is 9.50 Å². The monoisotopic (exact) mass is 542 g/mol. The molecule has 2 amide bonds. The van der Waals surface area contributed by atoms with Crippen LogP contribution in [0.1, 0.15) is 31.4 Å². The third-order valence-electron chi connectivity index (χ3n) is 5.46. The second-order valence-corrected chi connectivity index (χ2v) is 9.70. The Morgan fingerprint density at radius 3 is 2.38 bits per heavy atom. The van der Waals surface area contributed by atoms with Gasteiger partial charge in [-0.3, -0.25) is 0 Å². The minimum absolute atomic E-state index is 0.0372. The van der Waals surface area contributed by atoms with E-state index in [4.69, 9.17) is 4.18 Å². The number of amides is 2. The van der Waals surface area contributed by atoms with Crippen molar-refractivity contribution in [3.8, 4) is 5.75 Å². The molecule has 198 valence electrons. The number of carbonyl (C=O) groups is 1. The van der Waals surface area contributed by atoms with Crippen molar-refractivity contribution in [2.24, 2.45) is 0 Å². The van der Waals surface area contributed by atoms with Crippen LogP contribution in [0.25, 0.3) is 0 Å². The van der Waals surface area contributed by atoms with Gasteiger partial charge in [-0.1, -0.05) is 25.1 Å². The van der Waals surface area contributed by atoms with Crippen LogP contribution in [0.5, 0.6) is 5.75 Å². The molecule has 1 N–H and O–H groups in total. The summed E-state index contributed by atoms with van der Waals surface area (Å²) in [5.41, 5.74) is -0.922. The molecule has 0 aromatic heterocycles. The molecule has 1 unspecified atom stereocenters. The summed E-state index contributed by atoms with van der Waals surface area (Å²) < 4.78 is 96.4. The van der Waals surface area contributed by atoms with Gasteiger partial charge >= 0.3 is 22.3 Å². The third kappa shape index (κ3) is 7.19. The zero-order valence-corrected chi connectivity index (χ0v) is 20.5. The molecule has 0 aliphatic rings. The van der Waals surface area contributed by atoms with Crippen molar-refractivity contribution >= 4 is 21.8 Å². The highest BCUT2D eigenvalue weighted by Gasteiger charge is 2.32. The standard InChI is InChI=1S/C25H23F5N2O4S/c1-3-16(2)32(24(33)31-23-11-10-19(26)14-22(23)27)15-17-6-4-8-20(12-17)36-37(34,35)21-9-5-7-18(13-21)25(28,29)30/h4-14,16H,3,15H2,1-2H3,(H,31,33). The molecule has 0 saturated heterocycles. The lowest BCUT2D eigenvalue weighted by molar-refractivity contribution is -0.137. The number of halogens is 5. The average molecular weight is 543 g/mol. The lowest BCUT2D eigenvalue weighted by atomic mass is 10.1. The maximum atomic E-state index is 14.0. The molecule has 1 atom stereocenters. The normalized spacial score (nSPS) is 12.6. The molecule has 0 heterocycles. The van der Waals surface area contributed by atoms with E-state index in [1.165, 1.54) is 23.1 Å². The number of hydrogen-bond donors (Lipinski definition) is 1. The molecule has 37 heavy (non-hydrogen) atoms. The molecule has 0 bridgehead atoms. The Bertz CT molecular complexity index is 1380. The van der Waals surface area contributed by atoms with Crippen molar-refractivity contribution in [1.82, 2.24) is 4.90 Å². The molecule has 0 aliphatic carbocycles. The zero-order valence-electron chi connectivity index (χ0n) is 19.7. The van der Waals surface area contributed by atoms with Crippen LogP contribution in [0.4, 0.5) is 32.4 Å². The molecular weight excluding hydrogens is 519 g/mol. The van der Waals surface area contributed by atoms with Gasteiger partial charge < -0.3 is 14.4 Å². The van der Waals surface area contributed by atoms with E-state index in [1.54, 1.807) is 13.0 Å². The maximum Gasteiger partial charge on any atom is 0.416 e. The summed E-state index contributed by atoms with van der Waals surface area (Å²) in [5.74, 6) is -1.93. The van der Waals surface area contributed by atoms with Crippen molar-refractivity contribution < 1.29 is 39.3 Å². The molecule has 3 aromatic rings. The van der Waals surface area contributed by atoms with E-state index in [1.807, 2.05) is 6.92 Å². The molecule has 0 saturated carbocycles. The Kier molecular flexibility index (Phi) is 8.42. The van der Waals surface area contributed by atoms with E-state index in [-0.39, 0.29) is 24.0 Å². The van der Waals surface area contributed by atoms with Crippen LogP contribution in [-0.2, 0) is 22.8 Å². The highest BCUT2D eigenvalue weighted by atomic mass is 32.2. The third-order valence-corrected chi connectivity index (χ3v) is 6.71. The first-order chi connectivity index (χ1) is 17.3. The van der Waals surface area contributed by atoms with E-state index in [0.717, 1.165) is 30.3 Å². The number of nitrogens with one attached hydrogen (secondary N) is 1. The van der Waals surface area contributed by atoms with Gasteiger partial charge in [0.2, 0.25) is 0 Å². The summed E-state index contributed by atoms with van der Waals surface area (Å²) in [6, 6.07) is 10.5. The van der Waals surface area contributed by atoms with Crippen LogP contribution >= 0.6 is 0 Å². The summed E-state index contributed by atoms with van der Waals surface area (Å²) in [7, 11) is -4.59. The topological polar surface area (TPSA) is 75.7 Å². The molecule has 0 radical (unpaired) electrons. The molecule has 3 rings (SSSR count). The van der Waals surface area contributed by atoms with Crippen LogP contribution in [0.3, 0.4) is 0 Å². The first kappa shape index (κ1) is 27.9. The number of benzene rings is 3. The van der Waals surface area contributed by atoms with Crippen molar-refractivity contribution in [2.45, 2.75) is 43.9 Å². The quantitative estimate of drug-likeness (QED) is 0.258. The Balaban J connectivity index is 1.81. The Morgan fingerprint density at radius 1 is 1.03 bits per heavy atom. The second-order valence-electron chi connectivity index (χ2n) is 8.15. The lowest BCUT2D eigenvalue weighted by Crippen LogP contribution is -2.40. The van der Waals surface area contributed by atoms with Gasteiger partial charge in [0.05, 0.1) is 11.3 Å². The molecule has 0 aliphatic heterocycles. The smallest absolute Gasteiger partial charge is 0.379 e.